The van der Waals surface area contributed by atoms with E-state index >= 15 is 0 Å². The van der Waals surface area contributed by atoms with Gasteiger partial charge in [-0.25, -0.2) is 4.98 Å². The topological polar surface area (TPSA) is 83.1 Å². The second kappa shape index (κ2) is 5.48. The molecule has 1 saturated carbocycles. The van der Waals surface area contributed by atoms with Crippen LogP contribution >= 0.6 is 0 Å². The molecule has 106 valence electrons. The molecule has 3 N–H and O–H groups in total. The number of aromatic nitrogens is 1. The molecule has 0 radical (unpaired) electrons. The first-order valence-corrected chi connectivity index (χ1v) is 7.07. The minimum atomic E-state index is -0.121. The fraction of sp³-hybridized carbons (Fsp3) is 0.500. The van der Waals surface area contributed by atoms with Gasteiger partial charge in [-0.2, -0.15) is 0 Å². The van der Waals surface area contributed by atoms with Crippen LogP contribution in [0, 0.1) is 0 Å². The predicted octanol–water partition coefficient (Wildman–Crippen LogP) is 1.51. The SMILES string of the molecule is O=C1CNc2cc(C(=O)NC3CCCCC3)cnc2N1. The van der Waals surface area contributed by atoms with Crippen molar-refractivity contribution in [3.63, 3.8) is 0 Å². The smallest absolute Gasteiger partial charge is 0.253 e. The van der Waals surface area contributed by atoms with Gasteiger partial charge in [-0.3, -0.25) is 9.59 Å². The molecule has 6 nitrogen and oxygen atoms in total. The fourth-order valence-electron chi connectivity index (χ4n) is 2.69. The van der Waals surface area contributed by atoms with Gasteiger partial charge in [0.1, 0.15) is 0 Å². The summed E-state index contributed by atoms with van der Waals surface area (Å²) in [5, 5.41) is 8.68. The predicted molar refractivity (Wildman–Crippen MR) is 75.7 cm³/mol. The Bertz CT molecular complexity index is 538. The first-order valence-electron chi connectivity index (χ1n) is 7.07. The summed E-state index contributed by atoms with van der Waals surface area (Å²) in [6.07, 6.45) is 7.24. The Kier molecular flexibility index (Phi) is 3.54. The molecule has 0 saturated heterocycles. The maximum Gasteiger partial charge on any atom is 0.253 e. The van der Waals surface area contributed by atoms with Crippen molar-refractivity contribution in [2.45, 2.75) is 38.1 Å². The summed E-state index contributed by atoms with van der Waals surface area (Å²) in [7, 11) is 0. The van der Waals surface area contributed by atoms with E-state index in [-0.39, 0.29) is 24.4 Å². The number of carbonyl (C=O) groups excluding carboxylic acids is 2. The van der Waals surface area contributed by atoms with Crippen LogP contribution in [0.1, 0.15) is 42.5 Å². The lowest BCUT2D eigenvalue weighted by atomic mass is 9.95. The minimum absolute atomic E-state index is 0.0918. The molecule has 2 heterocycles. The number of rotatable bonds is 2. The second-order valence-electron chi connectivity index (χ2n) is 5.33. The van der Waals surface area contributed by atoms with Crippen LogP contribution in [0.5, 0.6) is 0 Å². The van der Waals surface area contributed by atoms with Crippen molar-refractivity contribution in [1.82, 2.24) is 10.3 Å². The molecule has 20 heavy (non-hydrogen) atoms. The number of fused-ring (bicyclic) bond motifs is 1. The van der Waals surface area contributed by atoms with E-state index in [1.54, 1.807) is 6.07 Å². The van der Waals surface area contributed by atoms with Gasteiger partial charge in [-0.15, -0.1) is 0 Å². The largest absolute Gasteiger partial charge is 0.373 e. The maximum absolute atomic E-state index is 12.2. The number of carbonyl (C=O) groups is 2. The molecule has 2 amide bonds. The third-order valence-corrected chi connectivity index (χ3v) is 3.79. The Morgan fingerprint density at radius 3 is 2.90 bits per heavy atom. The van der Waals surface area contributed by atoms with E-state index in [0.29, 0.717) is 17.1 Å². The third kappa shape index (κ3) is 2.74. The van der Waals surface area contributed by atoms with Crippen molar-refractivity contribution in [2.24, 2.45) is 0 Å². The van der Waals surface area contributed by atoms with Crippen molar-refractivity contribution in [1.29, 1.82) is 0 Å². The Morgan fingerprint density at radius 1 is 1.30 bits per heavy atom. The van der Waals surface area contributed by atoms with Crippen molar-refractivity contribution < 1.29 is 9.59 Å². The monoisotopic (exact) mass is 274 g/mol. The molecule has 1 fully saturated rings. The van der Waals surface area contributed by atoms with Gasteiger partial charge in [0, 0.05) is 12.2 Å². The average Bonchev–Trinajstić information content (AvgIpc) is 2.47. The van der Waals surface area contributed by atoms with E-state index in [9.17, 15) is 9.59 Å². The molecule has 1 aliphatic carbocycles. The standard InChI is InChI=1S/C14H18N4O2/c19-12-8-15-11-6-9(7-16-13(11)18-12)14(20)17-10-4-2-1-3-5-10/h6-7,10,15H,1-5,8H2,(H,17,20)(H,16,18,19). The Morgan fingerprint density at radius 2 is 2.10 bits per heavy atom. The number of anilines is 2. The van der Waals surface area contributed by atoms with Crippen molar-refractivity contribution in [3.8, 4) is 0 Å². The summed E-state index contributed by atoms with van der Waals surface area (Å²) >= 11 is 0. The highest BCUT2D eigenvalue weighted by atomic mass is 16.2. The van der Waals surface area contributed by atoms with Crippen LogP contribution in [0.15, 0.2) is 12.3 Å². The van der Waals surface area contributed by atoms with Crippen LogP contribution in [0.25, 0.3) is 0 Å². The quantitative estimate of drug-likeness (QED) is 0.763. The van der Waals surface area contributed by atoms with Crippen LogP contribution in [0.2, 0.25) is 0 Å². The summed E-state index contributed by atoms with van der Waals surface area (Å²) in [4.78, 5) is 27.5. The fourth-order valence-corrected chi connectivity index (χ4v) is 2.69. The molecule has 0 bridgehead atoms. The Balaban J connectivity index is 1.70. The molecule has 1 aromatic heterocycles. The number of amides is 2. The average molecular weight is 274 g/mol. The Hall–Kier alpha value is -2.11. The van der Waals surface area contributed by atoms with Crippen LogP contribution in [0.3, 0.4) is 0 Å². The zero-order chi connectivity index (χ0) is 13.9. The summed E-state index contributed by atoms with van der Waals surface area (Å²) in [5.41, 5.74) is 1.22. The first kappa shape index (κ1) is 12.9. The molecule has 1 aliphatic heterocycles. The van der Waals surface area contributed by atoms with Crippen molar-refractivity contribution in [3.05, 3.63) is 17.8 Å². The van der Waals surface area contributed by atoms with Gasteiger partial charge in [-0.05, 0) is 18.9 Å². The van der Waals surface area contributed by atoms with Gasteiger partial charge in [0.25, 0.3) is 5.91 Å². The van der Waals surface area contributed by atoms with Gasteiger partial charge in [-0.1, -0.05) is 19.3 Å². The lowest BCUT2D eigenvalue weighted by molar-refractivity contribution is -0.114. The molecule has 0 aromatic carbocycles. The van der Waals surface area contributed by atoms with Crippen molar-refractivity contribution >= 4 is 23.3 Å². The van der Waals surface area contributed by atoms with Gasteiger partial charge in [0.15, 0.2) is 5.82 Å². The molecule has 2 aliphatic rings. The van der Waals surface area contributed by atoms with Gasteiger partial charge in [0.2, 0.25) is 5.91 Å². The van der Waals surface area contributed by atoms with Gasteiger partial charge < -0.3 is 16.0 Å². The van der Waals surface area contributed by atoms with Crippen LogP contribution in [-0.2, 0) is 4.79 Å². The minimum Gasteiger partial charge on any atom is -0.373 e. The third-order valence-electron chi connectivity index (χ3n) is 3.79. The molecule has 3 rings (SSSR count). The van der Waals surface area contributed by atoms with Crippen molar-refractivity contribution in [2.75, 3.05) is 17.2 Å². The lowest BCUT2D eigenvalue weighted by Gasteiger charge is -2.23. The molecule has 0 unspecified atom stereocenters. The van der Waals surface area contributed by atoms with Crippen LogP contribution < -0.4 is 16.0 Å². The van der Waals surface area contributed by atoms with Crippen LogP contribution in [-0.4, -0.2) is 29.4 Å². The number of pyridine rings is 1. The zero-order valence-electron chi connectivity index (χ0n) is 11.2. The Labute approximate surface area is 117 Å². The molecule has 0 spiro atoms. The molecular formula is C14H18N4O2. The molecule has 1 aromatic rings. The summed E-state index contributed by atoms with van der Waals surface area (Å²) in [5.74, 6) is 0.269. The maximum atomic E-state index is 12.2. The summed E-state index contributed by atoms with van der Waals surface area (Å²) in [6, 6.07) is 2.01. The van der Waals surface area contributed by atoms with Crippen LogP contribution in [0.4, 0.5) is 11.5 Å². The van der Waals surface area contributed by atoms with E-state index < -0.39 is 0 Å². The highest BCUT2D eigenvalue weighted by molar-refractivity contribution is 6.01. The number of nitrogens with zero attached hydrogens (tertiary/aromatic N) is 1. The number of nitrogens with one attached hydrogen (secondary N) is 3. The summed E-state index contributed by atoms with van der Waals surface area (Å²) in [6.45, 7) is 0.211. The summed E-state index contributed by atoms with van der Waals surface area (Å²) < 4.78 is 0. The van der Waals surface area contributed by atoms with Gasteiger partial charge in [0.05, 0.1) is 17.8 Å². The number of hydrogen-bond donors (Lipinski definition) is 3. The molecule has 6 heteroatoms. The molecule has 0 atom stereocenters. The highest BCUT2D eigenvalue weighted by Crippen LogP contribution is 2.23. The molecular weight excluding hydrogens is 256 g/mol. The normalized spacial score (nSPS) is 18.7. The highest BCUT2D eigenvalue weighted by Gasteiger charge is 2.20. The zero-order valence-corrected chi connectivity index (χ0v) is 11.2. The van der Waals surface area contributed by atoms with E-state index in [4.69, 9.17) is 0 Å². The lowest BCUT2D eigenvalue weighted by Crippen LogP contribution is -2.36. The van der Waals surface area contributed by atoms with E-state index in [2.05, 4.69) is 20.9 Å². The number of hydrogen-bond acceptors (Lipinski definition) is 4. The second-order valence-corrected chi connectivity index (χ2v) is 5.33. The van der Waals surface area contributed by atoms with E-state index in [1.807, 2.05) is 0 Å². The van der Waals surface area contributed by atoms with Gasteiger partial charge >= 0.3 is 0 Å². The van der Waals surface area contributed by atoms with E-state index in [1.165, 1.54) is 25.5 Å². The first-order chi connectivity index (χ1) is 9.72. The van der Waals surface area contributed by atoms with E-state index in [0.717, 1.165) is 12.8 Å².